The normalized spacial score (nSPS) is 27.1. The van der Waals surface area contributed by atoms with Crippen LogP contribution in [-0.2, 0) is 0 Å². The zero-order chi connectivity index (χ0) is 6.85. The van der Waals surface area contributed by atoms with Gasteiger partial charge in [0.2, 0.25) is 0 Å². The average Bonchev–Trinajstić information content (AvgIpc) is 1.80. The van der Waals surface area contributed by atoms with E-state index in [4.69, 9.17) is 0 Å². The van der Waals surface area contributed by atoms with Crippen LogP contribution in [-0.4, -0.2) is 5.11 Å². The van der Waals surface area contributed by atoms with Crippen molar-refractivity contribution >= 4 is 0 Å². The molecule has 1 nitrogen and oxygen atoms in total. The van der Waals surface area contributed by atoms with Gasteiger partial charge in [0, 0.05) is 6.42 Å². The third kappa shape index (κ3) is 1.35. The molecule has 0 aromatic heterocycles. The van der Waals surface area contributed by atoms with Crippen LogP contribution >= 0.6 is 0 Å². The fraction of sp³-hybridized carbons (Fsp3) is 0.500. The first-order valence-corrected chi connectivity index (χ1v) is 3.27. The van der Waals surface area contributed by atoms with Crippen LogP contribution in [0, 0.1) is 5.92 Å². The van der Waals surface area contributed by atoms with E-state index in [2.05, 4.69) is 13.0 Å². The molecule has 0 aromatic carbocycles. The number of allylic oxidation sites excluding steroid dienone is 4. The van der Waals surface area contributed by atoms with Crippen LogP contribution < -0.4 is 0 Å². The number of rotatable bonds is 0. The third-order valence-corrected chi connectivity index (χ3v) is 1.65. The first-order chi connectivity index (χ1) is 4.20. The van der Waals surface area contributed by atoms with E-state index >= 15 is 0 Å². The molecule has 1 aliphatic rings. The smallest absolute Gasteiger partial charge is 0.0957 e. The number of hydrogen-bond acceptors (Lipinski definition) is 1. The molecular weight excluding hydrogens is 112 g/mol. The summed E-state index contributed by atoms with van der Waals surface area (Å²) in [6, 6.07) is 0. The Balaban J connectivity index is 2.75. The van der Waals surface area contributed by atoms with Crippen molar-refractivity contribution in [2.24, 2.45) is 5.92 Å². The van der Waals surface area contributed by atoms with Crippen molar-refractivity contribution in [2.75, 3.05) is 0 Å². The van der Waals surface area contributed by atoms with E-state index < -0.39 is 0 Å². The van der Waals surface area contributed by atoms with E-state index in [1.807, 2.05) is 13.0 Å². The summed E-state index contributed by atoms with van der Waals surface area (Å²) in [6.45, 7) is 4.02. The van der Waals surface area contributed by atoms with E-state index in [1.54, 1.807) is 0 Å². The molecule has 0 heterocycles. The van der Waals surface area contributed by atoms with Crippen LogP contribution in [0.4, 0.5) is 0 Å². The van der Waals surface area contributed by atoms with Gasteiger partial charge < -0.3 is 5.11 Å². The molecule has 0 aliphatic heterocycles. The highest BCUT2D eigenvalue weighted by Crippen LogP contribution is 2.20. The summed E-state index contributed by atoms with van der Waals surface area (Å²) in [7, 11) is 0. The van der Waals surface area contributed by atoms with Gasteiger partial charge in [0.1, 0.15) is 0 Å². The van der Waals surface area contributed by atoms with E-state index in [0.717, 1.165) is 12.0 Å². The quantitative estimate of drug-likeness (QED) is 0.525. The lowest BCUT2D eigenvalue weighted by Gasteiger charge is -2.11. The van der Waals surface area contributed by atoms with E-state index in [0.29, 0.717) is 11.7 Å². The van der Waals surface area contributed by atoms with Crippen LogP contribution in [0.25, 0.3) is 0 Å². The molecule has 0 bridgehead atoms. The Morgan fingerprint density at radius 3 is 2.78 bits per heavy atom. The van der Waals surface area contributed by atoms with Gasteiger partial charge in [-0.2, -0.15) is 0 Å². The van der Waals surface area contributed by atoms with Gasteiger partial charge in [0.15, 0.2) is 0 Å². The molecule has 0 aromatic rings. The fourth-order valence-corrected chi connectivity index (χ4v) is 0.939. The molecule has 0 amide bonds. The lowest BCUT2D eigenvalue weighted by Crippen LogP contribution is -1.99. The zero-order valence-corrected chi connectivity index (χ0v) is 5.89. The summed E-state index contributed by atoms with van der Waals surface area (Å²) in [5, 5.41) is 9.18. The van der Waals surface area contributed by atoms with Gasteiger partial charge in [0.05, 0.1) is 5.76 Å². The summed E-state index contributed by atoms with van der Waals surface area (Å²) in [4.78, 5) is 0. The van der Waals surface area contributed by atoms with Crippen molar-refractivity contribution in [1.29, 1.82) is 0 Å². The third-order valence-electron chi connectivity index (χ3n) is 1.65. The Hall–Kier alpha value is -0.720. The number of aliphatic hydroxyl groups is 1. The standard InChI is InChI=1S/C8H12O/c1-6-3-4-7(2)8(9)5-6/h3-4,6,9H,5H2,1-2H3/t6-/m0/s1. The molecule has 1 atom stereocenters. The number of hydrogen-bond donors (Lipinski definition) is 1. The maximum absolute atomic E-state index is 9.18. The topological polar surface area (TPSA) is 20.2 Å². The second kappa shape index (κ2) is 2.26. The van der Waals surface area contributed by atoms with Crippen molar-refractivity contribution < 1.29 is 5.11 Å². The molecule has 1 rings (SSSR count). The van der Waals surface area contributed by atoms with Crippen LogP contribution in [0.1, 0.15) is 20.3 Å². The van der Waals surface area contributed by atoms with Gasteiger partial charge in [-0.15, -0.1) is 0 Å². The monoisotopic (exact) mass is 124 g/mol. The van der Waals surface area contributed by atoms with Gasteiger partial charge in [0.25, 0.3) is 0 Å². The molecule has 0 fully saturated rings. The van der Waals surface area contributed by atoms with Crippen molar-refractivity contribution in [3.8, 4) is 0 Å². The van der Waals surface area contributed by atoms with Crippen molar-refractivity contribution in [3.05, 3.63) is 23.5 Å². The summed E-state index contributed by atoms with van der Waals surface area (Å²) in [6.07, 6.45) is 4.90. The lowest BCUT2D eigenvalue weighted by atomic mass is 9.98. The van der Waals surface area contributed by atoms with Crippen molar-refractivity contribution in [1.82, 2.24) is 0 Å². The van der Waals surface area contributed by atoms with Crippen molar-refractivity contribution in [3.63, 3.8) is 0 Å². The second-order valence-corrected chi connectivity index (χ2v) is 2.67. The predicted molar refractivity (Wildman–Crippen MR) is 38.2 cm³/mol. The number of aliphatic hydroxyl groups excluding tert-OH is 1. The molecule has 1 N–H and O–H groups in total. The molecule has 50 valence electrons. The van der Waals surface area contributed by atoms with Crippen LogP contribution in [0.3, 0.4) is 0 Å². The van der Waals surface area contributed by atoms with E-state index in [1.165, 1.54) is 0 Å². The van der Waals surface area contributed by atoms with Gasteiger partial charge in [-0.1, -0.05) is 19.1 Å². The molecule has 0 saturated heterocycles. The van der Waals surface area contributed by atoms with Crippen LogP contribution in [0.15, 0.2) is 23.5 Å². The second-order valence-electron chi connectivity index (χ2n) is 2.67. The Morgan fingerprint density at radius 2 is 2.33 bits per heavy atom. The average molecular weight is 124 g/mol. The van der Waals surface area contributed by atoms with Gasteiger partial charge in [-0.05, 0) is 18.4 Å². The predicted octanol–water partition coefficient (Wildman–Crippen LogP) is 2.41. The SMILES string of the molecule is CC1=C(O)C[C@@H](C)C=C1. The van der Waals surface area contributed by atoms with E-state index in [-0.39, 0.29) is 0 Å². The highest BCUT2D eigenvalue weighted by molar-refractivity contribution is 5.24. The molecule has 0 radical (unpaired) electrons. The summed E-state index contributed by atoms with van der Waals surface area (Å²) in [5.41, 5.74) is 1.01. The molecule has 1 heteroatoms. The van der Waals surface area contributed by atoms with Gasteiger partial charge >= 0.3 is 0 Å². The Labute approximate surface area is 55.7 Å². The summed E-state index contributed by atoms with van der Waals surface area (Å²) < 4.78 is 0. The minimum Gasteiger partial charge on any atom is -0.512 e. The molecule has 9 heavy (non-hydrogen) atoms. The van der Waals surface area contributed by atoms with Crippen LogP contribution in [0.2, 0.25) is 0 Å². The first-order valence-electron chi connectivity index (χ1n) is 3.27. The molecule has 0 unspecified atom stereocenters. The Morgan fingerprint density at radius 1 is 1.67 bits per heavy atom. The maximum atomic E-state index is 9.18. The summed E-state index contributed by atoms with van der Waals surface area (Å²) >= 11 is 0. The summed E-state index contributed by atoms with van der Waals surface area (Å²) in [5.74, 6) is 1.05. The molecular formula is C8H12O. The lowest BCUT2D eigenvalue weighted by molar-refractivity contribution is 0.364. The largest absolute Gasteiger partial charge is 0.512 e. The van der Waals surface area contributed by atoms with Gasteiger partial charge in [-0.25, -0.2) is 0 Å². The highest BCUT2D eigenvalue weighted by atomic mass is 16.3. The van der Waals surface area contributed by atoms with Gasteiger partial charge in [-0.3, -0.25) is 0 Å². The van der Waals surface area contributed by atoms with Crippen molar-refractivity contribution in [2.45, 2.75) is 20.3 Å². The maximum Gasteiger partial charge on any atom is 0.0957 e. The first kappa shape index (κ1) is 6.40. The molecule has 0 spiro atoms. The zero-order valence-electron chi connectivity index (χ0n) is 5.89. The fourth-order valence-electron chi connectivity index (χ4n) is 0.939. The van der Waals surface area contributed by atoms with E-state index in [9.17, 15) is 5.11 Å². The Kier molecular flexibility index (Phi) is 1.60. The Bertz CT molecular complexity index is 165. The molecule has 1 aliphatic carbocycles. The highest BCUT2D eigenvalue weighted by Gasteiger charge is 2.07. The van der Waals surface area contributed by atoms with Crippen LogP contribution in [0.5, 0.6) is 0 Å². The minimum absolute atomic E-state index is 0.508. The molecule has 0 saturated carbocycles. The minimum atomic E-state index is 0.508.